The van der Waals surface area contributed by atoms with Crippen molar-refractivity contribution in [2.45, 2.75) is 46.0 Å². The Balaban J connectivity index is 1.85. The molecule has 158 valence electrons. The molecule has 8 heteroatoms. The molecule has 1 N–H and O–H groups in total. The average Bonchev–Trinajstić information content (AvgIpc) is 2.96. The summed E-state index contributed by atoms with van der Waals surface area (Å²) in [4.78, 5) is 23.9. The third-order valence-corrected chi connectivity index (χ3v) is 5.72. The second-order valence-electron chi connectivity index (χ2n) is 8.74. The van der Waals surface area contributed by atoms with Crippen LogP contribution in [-0.2, 0) is 6.42 Å². The highest BCUT2D eigenvalue weighted by molar-refractivity contribution is 5.98. The molecule has 0 saturated carbocycles. The van der Waals surface area contributed by atoms with Gasteiger partial charge in [0.1, 0.15) is 11.3 Å². The molecule has 0 spiro atoms. The summed E-state index contributed by atoms with van der Waals surface area (Å²) in [6.45, 7) is 6.09. The highest BCUT2D eigenvalue weighted by Crippen LogP contribution is 2.51. The maximum Gasteiger partial charge on any atom is 0.573 e. The molecular weight excluding hydrogens is 399 g/mol. The lowest BCUT2D eigenvalue weighted by Crippen LogP contribution is -2.32. The van der Waals surface area contributed by atoms with Crippen LogP contribution in [0.25, 0.3) is 11.1 Å². The number of nitrogens with zero attached hydrogens (tertiary/aromatic N) is 1. The van der Waals surface area contributed by atoms with Gasteiger partial charge in [-0.05, 0) is 46.2 Å². The standard InChI is InChI=1S/C22H20F3NO4/c1-21(2,3)19-8-14-13-5-4-12(30-22(23,24)25)6-11(13)7-15(14)17-9-18(27)16(20(28)29)10-26(17)19/h4-6,9-10,19H,7-8H2,1-3H3,(H,28,29)/t19-/m0/s1. The van der Waals surface area contributed by atoms with Gasteiger partial charge in [-0.2, -0.15) is 0 Å². The van der Waals surface area contributed by atoms with E-state index in [2.05, 4.69) is 4.74 Å². The Bertz CT molecular complexity index is 1150. The van der Waals surface area contributed by atoms with E-state index in [9.17, 15) is 27.9 Å². The molecule has 1 aromatic heterocycles. The molecule has 0 amide bonds. The molecule has 4 rings (SSSR count). The van der Waals surface area contributed by atoms with Gasteiger partial charge in [-0.3, -0.25) is 4.79 Å². The van der Waals surface area contributed by atoms with Crippen LogP contribution in [0.5, 0.6) is 5.75 Å². The van der Waals surface area contributed by atoms with Crippen molar-refractivity contribution in [1.29, 1.82) is 0 Å². The zero-order valence-electron chi connectivity index (χ0n) is 16.6. The number of carboxylic acid groups (broad SMARTS) is 1. The number of rotatable bonds is 2. The fraction of sp³-hybridized carbons (Fsp3) is 0.364. The first kappa shape index (κ1) is 20.3. The molecule has 5 nitrogen and oxygen atoms in total. The highest BCUT2D eigenvalue weighted by atomic mass is 19.4. The minimum Gasteiger partial charge on any atom is -0.477 e. The molecule has 0 bridgehead atoms. The molecule has 0 radical (unpaired) electrons. The van der Waals surface area contributed by atoms with Crippen LogP contribution in [0.2, 0.25) is 0 Å². The number of carboxylic acids is 1. The zero-order valence-corrected chi connectivity index (χ0v) is 16.6. The fourth-order valence-electron chi connectivity index (χ4n) is 4.37. The van der Waals surface area contributed by atoms with Crippen LogP contribution in [0.4, 0.5) is 13.2 Å². The summed E-state index contributed by atoms with van der Waals surface area (Å²) in [6, 6.07) is 5.50. The number of fused-ring (bicyclic) bond motifs is 4. The van der Waals surface area contributed by atoms with Gasteiger partial charge in [-0.25, -0.2) is 4.79 Å². The van der Waals surface area contributed by atoms with Crippen molar-refractivity contribution in [3.63, 3.8) is 0 Å². The minimum absolute atomic E-state index is 0.123. The van der Waals surface area contributed by atoms with Crippen molar-refractivity contribution in [3.8, 4) is 5.75 Å². The van der Waals surface area contributed by atoms with E-state index in [0.29, 0.717) is 24.1 Å². The molecule has 2 heterocycles. The van der Waals surface area contributed by atoms with Crippen LogP contribution in [0.1, 0.15) is 60.4 Å². The number of allylic oxidation sites excluding steroid dienone is 2. The van der Waals surface area contributed by atoms with Gasteiger partial charge in [0.05, 0.1) is 0 Å². The van der Waals surface area contributed by atoms with Crippen LogP contribution in [0, 0.1) is 5.41 Å². The van der Waals surface area contributed by atoms with Gasteiger partial charge >= 0.3 is 12.3 Å². The summed E-state index contributed by atoms with van der Waals surface area (Å²) < 4.78 is 43.7. The van der Waals surface area contributed by atoms with Crippen molar-refractivity contribution < 1.29 is 27.8 Å². The smallest absolute Gasteiger partial charge is 0.477 e. The third kappa shape index (κ3) is 3.40. The van der Waals surface area contributed by atoms with E-state index in [1.54, 1.807) is 6.07 Å². The molecule has 1 aromatic carbocycles. The quantitative estimate of drug-likeness (QED) is 0.752. The van der Waals surface area contributed by atoms with E-state index in [-0.39, 0.29) is 22.8 Å². The number of aromatic carboxylic acids is 1. The largest absolute Gasteiger partial charge is 0.573 e. The van der Waals surface area contributed by atoms with Crippen LogP contribution in [0.3, 0.4) is 0 Å². The minimum atomic E-state index is -4.77. The molecular formula is C22H20F3NO4. The van der Waals surface area contributed by atoms with Gasteiger partial charge in [0.15, 0.2) is 5.43 Å². The van der Waals surface area contributed by atoms with Gasteiger partial charge in [-0.15, -0.1) is 13.2 Å². The normalized spacial score (nSPS) is 18.0. The van der Waals surface area contributed by atoms with Crippen molar-refractivity contribution in [2.75, 3.05) is 0 Å². The summed E-state index contributed by atoms with van der Waals surface area (Å²) in [5.41, 5.74) is 2.82. The summed E-state index contributed by atoms with van der Waals surface area (Å²) in [5, 5.41) is 9.38. The lowest BCUT2D eigenvalue weighted by atomic mass is 9.78. The van der Waals surface area contributed by atoms with Crippen molar-refractivity contribution in [1.82, 2.24) is 4.57 Å². The number of alkyl halides is 3. The van der Waals surface area contributed by atoms with E-state index in [0.717, 1.165) is 16.7 Å². The monoisotopic (exact) mass is 419 g/mol. The third-order valence-electron chi connectivity index (χ3n) is 5.72. The van der Waals surface area contributed by atoms with E-state index >= 15 is 0 Å². The predicted molar refractivity (Wildman–Crippen MR) is 104 cm³/mol. The molecule has 0 fully saturated rings. The Morgan fingerprint density at radius 1 is 1.17 bits per heavy atom. The van der Waals surface area contributed by atoms with E-state index in [1.807, 2.05) is 25.3 Å². The van der Waals surface area contributed by atoms with Crippen LogP contribution < -0.4 is 10.2 Å². The maximum atomic E-state index is 12.6. The Morgan fingerprint density at radius 3 is 2.47 bits per heavy atom. The second-order valence-corrected chi connectivity index (χ2v) is 8.74. The maximum absolute atomic E-state index is 12.6. The van der Waals surface area contributed by atoms with Gasteiger partial charge in [0, 0.05) is 30.4 Å². The lowest BCUT2D eigenvalue weighted by molar-refractivity contribution is -0.274. The van der Waals surface area contributed by atoms with Gasteiger partial charge < -0.3 is 14.4 Å². The number of carbonyl (C=O) groups is 1. The molecule has 1 aliphatic heterocycles. The molecule has 1 aliphatic carbocycles. The number of hydrogen-bond donors (Lipinski definition) is 1. The second kappa shape index (κ2) is 6.48. The van der Waals surface area contributed by atoms with Gasteiger partial charge in [0.25, 0.3) is 0 Å². The van der Waals surface area contributed by atoms with Crippen LogP contribution in [-0.4, -0.2) is 22.0 Å². The van der Waals surface area contributed by atoms with Crippen LogP contribution in [0.15, 0.2) is 35.3 Å². The first-order chi connectivity index (χ1) is 13.8. The molecule has 30 heavy (non-hydrogen) atoms. The first-order valence-electron chi connectivity index (χ1n) is 9.46. The lowest BCUT2D eigenvalue weighted by Gasteiger charge is -2.39. The Kier molecular flexibility index (Phi) is 4.38. The predicted octanol–water partition coefficient (Wildman–Crippen LogP) is 4.90. The summed E-state index contributed by atoms with van der Waals surface area (Å²) in [6.07, 6.45) is -2.45. The number of pyridine rings is 1. The Morgan fingerprint density at radius 2 is 1.87 bits per heavy atom. The average molecular weight is 419 g/mol. The topological polar surface area (TPSA) is 68.5 Å². The molecule has 0 unspecified atom stereocenters. The first-order valence-corrected chi connectivity index (χ1v) is 9.46. The number of benzene rings is 1. The number of ether oxygens (including phenoxy) is 1. The molecule has 0 saturated heterocycles. The molecule has 1 atom stereocenters. The van der Waals surface area contributed by atoms with Crippen molar-refractivity contribution >= 4 is 17.1 Å². The summed E-state index contributed by atoms with van der Waals surface area (Å²) >= 11 is 0. The highest BCUT2D eigenvalue weighted by Gasteiger charge is 2.38. The van der Waals surface area contributed by atoms with Crippen molar-refractivity contribution in [3.05, 3.63) is 63.1 Å². The number of halogens is 3. The van der Waals surface area contributed by atoms with E-state index in [1.165, 1.54) is 24.4 Å². The van der Waals surface area contributed by atoms with Gasteiger partial charge in [0.2, 0.25) is 0 Å². The van der Waals surface area contributed by atoms with Crippen molar-refractivity contribution in [2.24, 2.45) is 5.41 Å². The number of hydrogen-bond acceptors (Lipinski definition) is 3. The molecule has 2 aromatic rings. The fourth-order valence-corrected chi connectivity index (χ4v) is 4.37. The number of aromatic nitrogens is 1. The van der Waals surface area contributed by atoms with Gasteiger partial charge in [-0.1, -0.05) is 26.8 Å². The van der Waals surface area contributed by atoms with E-state index < -0.39 is 17.8 Å². The summed E-state index contributed by atoms with van der Waals surface area (Å²) in [5.74, 6) is -1.57. The van der Waals surface area contributed by atoms with E-state index in [4.69, 9.17) is 0 Å². The van der Waals surface area contributed by atoms with Crippen LogP contribution >= 0.6 is 0 Å². The molecule has 2 aliphatic rings. The Hall–Kier alpha value is -3.03. The Labute approximate surface area is 170 Å². The SMILES string of the molecule is CC(C)(C)[C@@H]1CC2=C(Cc3cc(OC(F)(F)F)ccc32)c2cc(=O)c(C(=O)O)cn21. The zero-order chi connectivity index (χ0) is 22.0. The summed E-state index contributed by atoms with van der Waals surface area (Å²) in [7, 11) is 0.